The second-order valence-electron chi connectivity index (χ2n) is 4.57. The van der Waals surface area contributed by atoms with Gasteiger partial charge in [-0.3, -0.25) is 5.41 Å². The number of rotatable bonds is 3. The van der Waals surface area contributed by atoms with Gasteiger partial charge in [0.2, 0.25) is 5.96 Å². The normalized spacial score (nSPS) is 9.95. The summed E-state index contributed by atoms with van der Waals surface area (Å²) in [6.07, 6.45) is 0. The van der Waals surface area contributed by atoms with E-state index < -0.39 is 0 Å². The Hall–Kier alpha value is -2.49. The molecule has 20 heavy (non-hydrogen) atoms. The predicted molar refractivity (Wildman–Crippen MR) is 87.0 cm³/mol. The van der Waals surface area contributed by atoms with Gasteiger partial charge in [-0.25, -0.2) is 0 Å². The summed E-state index contributed by atoms with van der Waals surface area (Å²) in [6, 6.07) is 17.9. The highest BCUT2D eigenvalue weighted by Gasteiger charge is 2.13. The summed E-state index contributed by atoms with van der Waals surface area (Å²) < 4.78 is 0. The van der Waals surface area contributed by atoms with E-state index in [4.69, 9.17) is 5.41 Å². The van der Waals surface area contributed by atoms with Crippen molar-refractivity contribution in [3.63, 3.8) is 0 Å². The van der Waals surface area contributed by atoms with Crippen LogP contribution in [0.1, 0.15) is 0 Å². The number of hydrogen-bond donors (Lipinski definition) is 2. The van der Waals surface area contributed by atoms with Crippen LogP contribution in [0.4, 0.5) is 17.1 Å². The molecule has 0 saturated heterocycles. The number of guanidine groups is 1. The Morgan fingerprint density at radius 1 is 0.850 bits per heavy atom. The van der Waals surface area contributed by atoms with Crippen LogP contribution in [0.15, 0.2) is 54.6 Å². The third-order valence-corrected chi connectivity index (χ3v) is 3.32. The van der Waals surface area contributed by atoms with Gasteiger partial charge in [-0.05, 0) is 36.4 Å². The molecule has 0 saturated carbocycles. The second kappa shape index (κ2) is 6.10. The lowest BCUT2D eigenvalue weighted by atomic mass is 10.2. The maximum Gasteiger partial charge on any atom is 0.202 e. The van der Waals surface area contributed by atoms with Gasteiger partial charge in [0.05, 0.1) is 0 Å². The van der Waals surface area contributed by atoms with Crippen molar-refractivity contribution in [3.05, 3.63) is 54.6 Å². The number of benzene rings is 2. The van der Waals surface area contributed by atoms with Crippen LogP contribution >= 0.6 is 0 Å². The molecule has 0 unspecified atom stereocenters. The molecular formula is C16H20N4. The maximum atomic E-state index is 8.31. The molecule has 4 heteroatoms. The Labute approximate surface area is 120 Å². The average Bonchev–Trinajstić information content (AvgIpc) is 2.53. The second-order valence-corrected chi connectivity index (χ2v) is 4.57. The third-order valence-electron chi connectivity index (χ3n) is 3.32. The molecule has 2 aromatic rings. The number of hydrogen-bond acceptors (Lipinski definition) is 2. The van der Waals surface area contributed by atoms with Crippen molar-refractivity contribution in [2.45, 2.75) is 0 Å². The number of anilines is 3. The summed E-state index contributed by atoms with van der Waals surface area (Å²) in [6.45, 7) is 0. The van der Waals surface area contributed by atoms with Crippen molar-refractivity contribution in [2.75, 3.05) is 36.3 Å². The van der Waals surface area contributed by atoms with E-state index in [-0.39, 0.29) is 0 Å². The summed E-state index contributed by atoms with van der Waals surface area (Å²) in [5.74, 6) is 0.424. The SMILES string of the molecule is CNc1ccc(N(C)C(=N)N(C)c2ccccc2)cc1. The molecule has 2 aromatic carbocycles. The molecule has 0 fully saturated rings. The summed E-state index contributed by atoms with van der Waals surface area (Å²) in [5.41, 5.74) is 3.04. The molecule has 0 heterocycles. The molecule has 0 aliphatic carbocycles. The molecule has 2 N–H and O–H groups in total. The highest BCUT2D eigenvalue weighted by atomic mass is 15.3. The van der Waals surface area contributed by atoms with Gasteiger partial charge in [-0.15, -0.1) is 0 Å². The highest BCUT2D eigenvalue weighted by Crippen LogP contribution is 2.19. The molecule has 0 radical (unpaired) electrons. The van der Waals surface area contributed by atoms with E-state index in [0.29, 0.717) is 5.96 Å². The molecule has 0 amide bonds. The van der Waals surface area contributed by atoms with E-state index in [1.54, 1.807) is 0 Å². The van der Waals surface area contributed by atoms with Crippen molar-refractivity contribution in [3.8, 4) is 0 Å². The zero-order valence-electron chi connectivity index (χ0n) is 12.1. The highest BCUT2D eigenvalue weighted by molar-refractivity contribution is 6.04. The lowest BCUT2D eigenvalue weighted by molar-refractivity contribution is 1.12. The van der Waals surface area contributed by atoms with Gasteiger partial charge in [0, 0.05) is 38.2 Å². The van der Waals surface area contributed by atoms with Crippen molar-refractivity contribution in [1.29, 1.82) is 5.41 Å². The van der Waals surface area contributed by atoms with Gasteiger partial charge < -0.3 is 15.1 Å². The molecule has 0 aliphatic heterocycles. The van der Waals surface area contributed by atoms with E-state index in [2.05, 4.69) is 5.32 Å². The van der Waals surface area contributed by atoms with Crippen LogP contribution < -0.4 is 15.1 Å². The first kappa shape index (κ1) is 13.9. The van der Waals surface area contributed by atoms with Gasteiger partial charge in [-0.1, -0.05) is 18.2 Å². The molecule has 2 rings (SSSR count). The van der Waals surface area contributed by atoms with Crippen LogP contribution in [0.5, 0.6) is 0 Å². The minimum absolute atomic E-state index is 0.424. The van der Waals surface area contributed by atoms with Crippen LogP contribution in [-0.2, 0) is 0 Å². The zero-order chi connectivity index (χ0) is 14.5. The summed E-state index contributed by atoms with van der Waals surface area (Å²) in [7, 11) is 5.69. The minimum atomic E-state index is 0.424. The van der Waals surface area contributed by atoms with Crippen molar-refractivity contribution < 1.29 is 0 Å². The van der Waals surface area contributed by atoms with Gasteiger partial charge in [0.1, 0.15) is 0 Å². The maximum absolute atomic E-state index is 8.31. The molecular weight excluding hydrogens is 248 g/mol. The molecule has 0 bridgehead atoms. The minimum Gasteiger partial charge on any atom is -0.388 e. The Morgan fingerprint density at radius 3 is 1.85 bits per heavy atom. The number of nitrogens with zero attached hydrogens (tertiary/aromatic N) is 2. The quantitative estimate of drug-likeness (QED) is 0.663. The molecule has 0 aliphatic rings. The Balaban J connectivity index is 2.15. The van der Waals surface area contributed by atoms with Crippen LogP contribution in [0.3, 0.4) is 0 Å². The lowest BCUT2D eigenvalue weighted by Crippen LogP contribution is -2.39. The monoisotopic (exact) mass is 268 g/mol. The van der Waals surface area contributed by atoms with E-state index in [9.17, 15) is 0 Å². The van der Waals surface area contributed by atoms with Crippen LogP contribution in [0.2, 0.25) is 0 Å². The largest absolute Gasteiger partial charge is 0.388 e. The molecule has 0 aromatic heterocycles. The first-order valence-electron chi connectivity index (χ1n) is 6.52. The summed E-state index contributed by atoms with van der Waals surface area (Å²) in [5, 5.41) is 11.4. The summed E-state index contributed by atoms with van der Waals surface area (Å²) >= 11 is 0. The smallest absolute Gasteiger partial charge is 0.202 e. The van der Waals surface area contributed by atoms with E-state index in [0.717, 1.165) is 17.1 Å². The van der Waals surface area contributed by atoms with Gasteiger partial charge in [-0.2, -0.15) is 0 Å². The fourth-order valence-electron chi connectivity index (χ4n) is 1.97. The van der Waals surface area contributed by atoms with Gasteiger partial charge in [0.25, 0.3) is 0 Å². The van der Waals surface area contributed by atoms with E-state index >= 15 is 0 Å². The number of para-hydroxylation sites is 1. The fraction of sp³-hybridized carbons (Fsp3) is 0.188. The number of nitrogens with one attached hydrogen (secondary N) is 2. The standard InChI is InChI=1S/C16H20N4/c1-18-13-9-11-15(12-10-13)20(3)16(17)19(2)14-7-5-4-6-8-14/h4-12,17-18H,1-3H3. The first-order chi connectivity index (χ1) is 9.63. The fourth-order valence-corrected chi connectivity index (χ4v) is 1.97. The van der Waals surface area contributed by atoms with Gasteiger partial charge >= 0.3 is 0 Å². The lowest BCUT2D eigenvalue weighted by Gasteiger charge is -2.28. The average molecular weight is 268 g/mol. The van der Waals surface area contributed by atoms with Crippen LogP contribution in [0.25, 0.3) is 0 Å². The Morgan fingerprint density at radius 2 is 1.35 bits per heavy atom. The molecule has 0 spiro atoms. The first-order valence-corrected chi connectivity index (χ1v) is 6.52. The van der Waals surface area contributed by atoms with Gasteiger partial charge in [0.15, 0.2) is 0 Å². The molecule has 0 atom stereocenters. The van der Waals surface area contributed by atoms with Crippen LogP contribution in [-0.4, -0.2) is 27.1 Å². The Bertz CT molecular complexity index is 563. The Kier molecular flexibility index (Phi) is 4.25. The zero-order valence-corrected chi connectivity index (χ0v) is 12.1. The van der Waals surface area contributed by atoms with Crippen molar-refractivity contribution in [1.82, 2.24) is 0 Å². The molecule has 104 valence electrons. The third kappa shape index (κ3) is 2.91. The van der Waals surface area contributed by atoms with Crippen molar-refractivity contribution >= 4 is 23.0 Å². The topological polar surface area (TPSA) is 42.4 Å². The van der Waals surface area contributed by atoms with Crippen LogP contribution in [0, 0.1) is 5.41 Å². The van der Waals surface area contributed by atoms with Crippen molar-refractivity contribution in [2.24, 2.45) is 0 Å². The summed E-state index contributed by atoms with van der Waals surface area (Å²) in [4.78, 5) is 3.71. The molecule has 4 nitrogen and oxygen atoms in total. The van der Waals surface area contributed by atoms with E-state index in [1.807, 2.05) is 85.5 Å². The van der Waals surface area contributed by atoms with E-state index in [1.165, 1.54) is 0 Å². The predicted octanol–water partition coefficient (Wildman–Crippen LogP) is 3.24.